The van der Waals surface area contributed by atoms with E-state index in [2.05, 4.69) is 12.2 Å². The molecule has 4 heteroatoms. The average molecular weight is 241 g/mol. The summed E-state index contributed by atoms with van der Waals surface area (Å²) in [5.74, 6) is 0. The largest absolute Gasteiger partial charge is 0.376 e. The molecule has 2 unspecified atom stereocenters. The van der Waals surface area contributed by atoms with Gasteiger partial charge in [-0.25, -0.2) is 0 Å². The molecule has 16 heavy (non-hydrogen) atoms. The fourth-order valence-corrected chi connectivity index (χ4v) is 2.21. The molecule has 1 heterocycles. The van der Waals surface area contributed by atoms with E-state index in [4.69, 9.17) is 22.1 Å². The van der Waals surface area contributed by atoms with E-state index in [1.807, 2.05) is 24.3 Å². The lowest BCUT2D eigenvalue weighted by Crippen LogP contribution is -2.50. The van der Waals surface area contributed by atoms with E-state index in [1.165, 1.54) is 0 Å². The molecule has 0 radical (unpaired) electrons. The van der Waals surface area contributed by atoms with Crippen LogP contribution in [0.4, 0.5) is 5.69 Å². The Bertz CT molecular complexity index is 355. The SMILES string of the molecule is CC1OCCC1(CN)Nc1ccc(Cl)cc1. The van der Waals surface area contributed by atoms with E-state index in [0.29, 0.717) is 6.54 Å². The molecule has 3 N–H and O–H groups in total. The van der Waals surface area contributed by atoms with Gasteiger partial charge in [0, 0.05) is 23.9 Å². The standard InChI is InChI=1S/C12H17ClN2O/c1-9-12(8-14,6-7-16-9)15-11-4-2-10(13)3-5-11/h2-5,9,15H,6-8,14H2,1H3. The first kappa shape index (κ1) is 11.7. The highest BCUT2D eigenvalue weighted by molar-refractivity contribution is 6.30. The van der Waals surface area contributed by atoms with Crippen LogP contribution in [0.1, 0.15) is 13.3 Å². The molecule has 1 aromatic rings. The van der Waals surface area contributed by atoms with Gasteiger partial charge in [-0.15, -0.1) is 0 Å². The molecule has 2 rings (SSSR count). The van der Waals surface area contributed by atoms with Gasteiger partial charge in [-0.05, 0) is 37.6 Å². The van der Waals surface area contributed by atoms with E-state index in [1.54, 1.807) is 0 Å². The van der Waals surface area contributed by atoms with Crippen LogP contribution in [0.2, 0.25) is 5.02 Å². The maximum atomic E-state index is 5.87. The number of benzene rings is 1. The first-order chi connectivity index (χ1) is 7.66. The summed E-state index contributed by atoms with van der Waals surface area (Å²) in [5.41, 5.74) is 6.76. The van der Waals surface area contributed by atoms with Crippen molar-refractivity contribution in [3.63, 3.8) is 0 Å². The van der Waals surface area contributed by atoms with Gasteiger partial charge in [0.25, 0.3) is 0 Å². The highest BCUT2D eigenvalue weighted by Gasteiger charge is 2.40. The number of nitrogens with two attached hydrogens (primary N) is 1. The molecule has 0 amide bonds. The summed E-state index contributed by atoms with van der Waals surface area (Å²) >= 11 is 5.85. The second-order valence-corrected chi connectivity index (χ2v) is 4.69. The number of hydrogen-bond donors (Lipinski definition) is 2. The topological polar surface area (TPSA) is 47.3 Å². The summed E-state index contributed by atoms with van der Waals surface area (Å²) in [6, 6.07) is 7.67. The molecule has 1 aliphatic rings. The van der Waals surface area contributed by atoms with Gasteiger partial charge in [0.15, 0.2) is 0 Å². The molecule has 88 valence electrons. The molecule has 0 aromatic heterocycles. The Labute approximate surface area is 101 Å². The third-order valence-corrected chi connectivity index (χ3v) is 3.55. The minimum Gasteiger partial charge on any atom is -0.376 e. The van der Waals surface area contributed by atoms with Crippen molar-refractivity contribution in [1.82, 2.24) is 0 Å². The molecule has 3 nitrogen and oxygen atoms in total. The summed E-state index contributed by atoms with van der Waals surface area (Å²) in [5, 5.41) is 4.21. The molecule has 0 spiro atoms. The number of halogens is 1. The maximum Gasteiger partial charge on any atom is 0.0789 e. The third-order valence-electron chi connectivity index (χ3n) is 3.30. The Balaban J connectivity index is 2.15. The zero-order valence-electron chi connectivity index (χ0n) is 9.37. The van der Waals surface area contributed by atoms with Crippen LogP contribution < -0.4 is 11.1 Å². The summed E-state index contributed by atoms with van der Waals surface area (Å²) in [7, 11) is 0. The van der Waals surface area contributed by atoms with E-state index in [9.17, 15) is 0 Å². The number of nitrogens with one attached hydrogen (secondary N) is 1. The van der Waals surface area contributed by atoms with E-state index < -0.39 is 0 Å². The Morgan fingerprint density at radius 2 is 2.19 bits per heavy atom. The highest BCUT2D eigenvalue weighted by Crippen LogP contribution is 2.29. The Kier molecular flexibility index (Phi) is 3.38. The van der Waals surface area contributed by atoms with Gasteiger partial charge >= 0.3 is 0 Å². The lowest BCUT2D eigenvalue weighted by molar-refractivity contribution is 0.103. The Morgan fingerprint density at radius 1 is 1.50 bits per heavy atom. The van der Waals surface area contributed by atoms with Crippen molar-refractivity contribution in [2.75, 3.05) is 18.5 Å². The van der Waals surface area contributed by atoms with Crippen LogP contribution in [-0.2, 0) is 4.74 Å². The van der Waals surface area contributed by atoms with Crippen LogP contribution in [0.3, 0.4) is 0 Å². The zero-order valence-corrected chi connectivity index (χ0v) is 10.1. The smallest absolute Gasteiger partial charge is 0.0789 e. The summed E-state index contributed by atoms with van der Waals surface area (Å²) < 4.78 is 5.59. The molecule has 1 aliphatic heterocycles. The molecular formula is C12H17ClN2O. The molecule has 1 fully saturated rings. The van der Waals surface area contributed by atoms with Gasteiger partial charge in [0.2, 0.25) is 0 Å². The summed E-state index contributed by atoms with van der Waals surface area (Å²) in [6.45, 7) is 3.39. The predicted octanol–water partition coefficient (Wildman–Crippen LogP) is 2.26. The van der Waals surface area contributed by atoms with Gasteiger partial charge in [0.1, 0.15) is 0 Å². The number of anilines is 1. The van der Waals surface area contributed by atoms with Gasteiger partial charge in [-0.1, -0.05) is 11.6 Å². The van der Waals surface area contributed by atoms with Crippen molar-refractivity contribution >= 4 is 17.3 Å². The lowest BCUT2D eigenvalue weighted by Gasteiger charge is -2.33. The van der Waals surface area contributed by atoms with Gasteiger partial charge in [-0.2, -0.15) is 0 Å². The van der Waals surface area contributed by atoms with Crippen LogP contribution in [0.5, 0.6) is 0 Å². The van der Waals surface area contributed by atoms with E-state index in [-0.39, 0.29) is 11.6 Å². The number of hydrogen-bond acceptors (Lipinski definition) is 3. The lowest BCUT2D eigenvalue weighted by atomic mass is 9.92. The fraction of sp³-hybridized carbons (Fsp3) is 0.500. The second-order valence-electron chi connectivity index (χ2n) is 4.26. The predicted molar refractivity (Wildman–Crippen MR) is 66.9 cm³/mol. The van der Waals surface area contributed by atoms with Crippen molar-refractivity contribution < 1.29 is 4.74 Å². The normalized spacial score (nSPS) is 29.3. The number of ether oxygens (including phenoxy) is 1. The van der Waals surface area contributed by atoms with Crippen molar-refractivity contribution in [2.24, 2.45) is 5.73 Å². The van der Waals surface area contributed by atoms with E-state index >= 15 is 0 Å². The molecule has 2 atom stereocenters. The maximum absolute atomic E-state index is 5.87. The first-order valence-corrected chi connectivity index (χ1v) is 5.89. The second kappa shape index (κ2) is 4.62. The summed E-state index contributed by atoms with van der Waals surface area (Å²) in [4.78, 5) is 0. The van der Waals surface area contributed by atoms with Crippen LogP contribution in [0.15, 0.2) is 24.3 Å². The molecule has 0 aliphatic carbocycles. The molecular weight excluding hydrogens is 224 g/mol. The minimum atomic E-state index is -0.145. The quantitative estimate of drug-likeness (QED) is 0.852. The molecule has 1 saturated heterocycles. The van der Waals surface area contributed by atoms with Crippen molar-refractivity contribution in [3.05, 3.63) is 29.3 Å². The fourth-order valence-electron chi connectivity index (χ4n) is 2.08. The monoisotopic (exact) mass is 240 g/mol. The Hall–Kier alpha value is -0.770. The average Bonchev–Trinajstić information content (AvgIpc) is 2.64. The van der Waals surface area contributed by atoms with Gasteiger partial charge < -0.3 is 15.8 Å². The number of rotatable bonds is 3. The highest BCUT2D eigenvalue weighted by atomic mass is 35.5. The van der Waals surface area contributed by atoms with Gasteiger partial charge in [-0.3, -0.25) is 0 Å². The summed E-state index contributed by atoms with van der Waals surface area (Å²) in [6.07, 6.45) is 1.07. The third kappa shape index (κ3) is 2.17. The van der Waals surface area contributed by atoms with Crippen LogP contribution in [-0.4, -0.2) is 24.8 Å². The first-order valence-electron chi connectivity index (χ1n) is 5.52. The van der Waals surface area contributed by atoms with Crippen LogP contribution >= 0.6 is 11.6 Å². The van der Waals surface area contributed by atoms with E-state index in [0.717, 1.165) is 23.7 Å². The van der Waals surface area contributed by atoms with Crippen LogP contribution in [0.25, 0.3) is 0 Å². The molecule has 0 bridgehead atoms. The Morgan fingerprint density at radius 3 is 2.69 bits per heavy atom. The van der Waals surface area contributed by atoms with Crippen LogP contribution in [0, 0.1) is 0 Å². The molecule has 1 aromatic carbocycles. The van der Waals surface area contributed by atoms with Crippen molar-refractivity contribution in [2.45, 2.75) is 25.0 Å². The van der Waals surface area contributed by atoms with Gasteiger partial charge in [0.05, 0.1) is 11.6 Å². The van der Waals surface area contributed by atoms with Crippen molar-refractivity contribution in [3.8, 4) is 0 Å². The molecule has 0 saturated carbocycles. The van der Waals surface area contributed by atoms with Crippen molar-refractivity contribution in [1.29, 1.82) is 0 Å². The zero-order chi connectivity index (χ0) is 11.6. The minimum absolute atomic E-state index is 0.133.